The van der Waals surface area contributed by atoms with E-state index in [9.17, 15) is 4.79 Å². The van der Waals surface area contributed by atoms with Gasteiger partial charge in [-0.1, -0.05) is 18.2 Å². The van der Waals surface area contributed by atoms with Gasteiger partial charge in [0.15, 0.2) is 0 Å². The average Bonchev–Trinajstić information content (AvgIpc) is 3.20. The van der Waals surface area contributed by atoms with Crippen LogP contribution in [0.5, 0.6) is 0 Å². The highest BCUT2D eigenvalue weighted by molar-refractivity contribution is 8.01. The monoisotopic (exact) mass is 327 g/mol. The summed E-state index contributed by atoms with van der Waals surface area (Å²) in [5.41, 5.74) is 3.50. The molecule has 1 amide bonds. The third-order valence-corrected chi connectivity index (χ3v) is 6.10. The van der Waals surface area contributed by atoms with E-state index >= 15 is 0 Å². The molecule has 0 aliphatic carbocycles. The lowest BCUT2D eigenvalue weighted by atomic mass is 9.94. The summed E-state index contributed by atoms with van der Waals surface area (Å²) in [5, 5.41) is 7.46. The molecule has 23 heavy (non-hydrogen) atoms. The number of hydrogen-bond acceptors (Lipinski definition) is 3. The number of benzene rings is 1. The number of nitrogens with zero attached hydrogens (tertiary/aromatic N) is 2. The van der Waals surface area contributed by atoms with Gasteiger partial charge in [0.25, 0.3) is 0 Å². The predicted molar refractivity (Wildman–Crippen MR) is 91.7 cm³/mol. The summed E-state index contributed by atoms with van der Waals surface area (Å²) in [6.07, 6.45) is 3.04. The summed E-state index contributed by atoms with van der Waals surface area (Å²) < 4.78 is 0. The predicted octanol–water partition coefficient (Wildman–Crippen LogP) is 3.14. The van der Waals surface area contributed by atoms with Gasteiger partial charge in [0.05, 0.1) is 10.9 Å². The van der Waals surface area contributed by atoms with Crippen LogP contribution in [0.25, 0.3) is 0 Å². The zero-order valence-corrected chi connectivity index (χ0v) is 14.1. The Morgan fingerprint density at radius 3 is 3.04 bits per heavy atom. The van der Waals surface area contributed by atoms with E-state index in [1.165, 1.54) is 10.5 Å². The van der Waals surface area contributed by atoms with Crippen molar-refractivity contribution in [2.24, 2.45) is 0 Å². The van der Waals surface area contributed by atoms with Crippen LogP contribution in [0, 0.1) is 6.92 Å². The summed E-state index contributed by atoms with van der Waals surface area (Å²) in [4.78, 5) is 16.3. The largest absolute Gasteiger partial charge is 0.341 e. The Morgan fingerprint density at radius 1 is 1.39 bits per heavy atom. The lowest BCUT2D eigenvalue weighted by molar-refractivity contribution is -0.131. The molecule has 1 N–H and O–H groups in total. The number of thioether (sulfide) groups is 1. The van der Waals surface area contributed by atoms with Gasteiger partial charge in [-0.3, -0.25) is 9.89 Å². The number of carbonyl (C=O) groups is 1. The zero-order chi connectivity index (χ0) is 15.8. The van der Waals surface area contributed by atoms with Crippen LogP contribution in [0.4, 0.5) is 0 Å². The molecule has 0 saturated carbocycles. The smallest absolute Gasteiger partial charge is 0.236 e. The summed E-state index contributed by atoms with van der Waals surface area (Å²) >= 11 is 1.73. The van der Waals surface area contributed by atoms with Gasteiger partial charge in [-0.25, -0.2) is 0 Å². The van der Waals surface area contributed by atoms with Crippen molar-refractivity contribution in [3.05, 3.63) is 47.3 Å². The highest BCUT2D eigenvalue weighted by Gasteiger charge is 2.34. The SMILES string of the molecule is Cc1cc([C@@H]2CCCN(C(=O)[C@H]3Cc4ccccc4S3)C2)n[nH]1. The molecule has 0 unspecified atom stereocenters. The van der Waals surface area contributed by atoms with Crippen LogP contribution in [-0.2, 0) is 11.2 Å². The Labute approximate surface area is 140 Å². The number of carbonyl (C=O) groups excluding carboxylic acids is 1. The molecule has 3 heterocycles. The van der Waals surface area contributed by atoms with Crippen molar-refractivity contribution in [3.8, 4) is 0 Å². The van der Waals surface area contributed by atoms with E-state index in [4.69, 9.17) is 0 Å². The maximum Gasteiger partial charge on any atom is 0.236 e. The molecule has 2 aliphatic rings. The Hall–Kier alpha value is -1.75. The highest BCUT2D eigenvalue weighted by atomic mass is 32.2. The van der Waals surface area contributed by atoms with Crippen LogP contribution in [0.1, 0.15) is 35.7 Å². The lowest BCUT2D eigenvalue weighted by Crippen LogP contribution is -2.43. The molecular weight excluding hydrogens is 306 g/mol. The highest BCUT2D eigenvalue weighted by Crippen LogP contribution is 2.38. The van der Waals surface area contributed by atoms with E-state index in [1.54, 1.807) is 11.8 Å². The van der Waals surface area contributed by atoms with E-state index < -0.39 is 0 Å². The third-order valence-electron chi connectivity index (χ3n) is 4.80. The molecule has 0 spiro atoms. The molecule has 2 aliphatic heterocycles. The first-order valence-corrected chi connectivity index (χ1v) is 9.14. The number of fused-ring (bicyclic) bond motifs is 1. The molecule has 1 fully saturated rings. The molecule has 2 aromatic rings. The first kappa shape index (κ1) is 14.8. The molecule has 4 nitrogen and oxygen atoms in total. The van der Waals surface area contributed by atoms with E-state index in [0.717, 1.165) is 43.7 Å². The van der Waals surface area contributed by atoms with Crippen molar-refractivity contribution >= 4 is 17.7 Å². The molecule has 5 heteroatoms. The summed E-state index contributed by atoms with van der Waals surface area (Å²) in [7, 11) is 0. The van der Waals surface area contributed by atoms with Gasteiger partial charge in [-0.05, 0) is 43.9 Å². The lowest BCUT2D eigenvalue weighted by Gasteiger charge is -2.33. The van der Waals surface area contributed by atoms with E-state index in [1.807, 2.05) is 6.92 Å². The Bertz CT molecular complexity index is 702. The fourth-order valence-corrected chi connectivity index (χ4v) is 4.87. The number of rotatable bonds is 2. The standard InChI is InChI=1S/C18H21N3OS/c1-12-9-15(20-19-12)14-6-4-8-21(11-14)18(22)17-10-13-5-2-3-7-16(13)23-17/h2-3,5,7,9,14,17H,4,6,8,10-11H2,1H3,(H,19,20)/t14-,17-/m1/s1. The van der Waals surface area contributed by atoms with Crippen LogP contribution in [-0.4, -0.2) is 39.3 Å². The fourth-order valence-electron chi connectivity index (χ4n) is 3.59. The van der Waals surface area contributed by atoms with Crippen molar-refractivity contribution in [3.63, 3.8) is 0 Å². The minimum Gasteiger partial charge on any atom is -0.341 e. The number of amides is 1. The number of piperidine rings is 1. The maximum absolute atomic E-state index is 12.9. The number of hydrogen-bond donors (Lipinski definition) is 1. The summed E-state index contributed by atoms with van der Waals surface area (Å²) in [6.45, 7) is 3.71. The third kappa shape index (κ3) is 2.90. The molecule has 0 bridgehead atoms. The molecule has 1 saturated heterocycles. The number of aryl methyl sites for hydroxylation is 1. The van der Waals surface area contributed by atoms with E-state index in [2.05, 4.69) is 45.4 Å². The Kier molecular flexibility index (Phi) is 3.89. The first-order valence-electron chi connectivity index (χ1n) is 8.26. The van der Waals surface area contributed by atoms with Crippen LogP contribution in [0.15, 0.2) is 35.2 Å². The zero-order valence-electron chi connectivity index (χ0n) is 13.3. The van der Waals surface area contributed by atoms with Crippen LogP contribution < -0.4 is 0 Å². The van der Waals surface area contributed by atoms with Gasteiger partial charge in [0.1, 0.15) is 0 Å². The fraction of sp³-hybridized carbons (Fsp3) is 0.444. The van der Waals surface area contributed by atoms with Crippen molar-refractivity contribution in [2.75, 3.05) is 13.1 Å². The molecule has 1 aromatic heterocycles. The Balaban J connectivity index is 1.45. The first-order chi connectivity index (χ1) is 11.2. The van der Waals surface area contributed by atoms with Gasteiger partial charge in [0, 0.05) is 29.6 Å². The van der Waals surface area contributed by atoms with E-state index in [-0.39, 0.29) is 5.25 Å². The van der Waals surface area contributed by atoms with E-state index in [0.29, 0.717) is 11.8 Å². The van der Waals surface area contributed by atoms with Crippen molar-refractivity contribution in [1.82, 2.24) is 15.1 Å². The second kappa shape index (κ2) is 6.04. The molecule has 4 rings (SSSR count). The second-order valence-corrected chi connectivity index (χ2v) is 7.76. The number of nitrogens with one attached hydrogen (secondary N) is 1. The minimum absolute atomic E-state index is 0.0482. The van der Waals surface area contributed by atoms with Crippen LogP contribution in [0.2, 0.25) is 0 Å². The second-order valence-electron chi connectivity index (χ2n) is 6.52. The number of likely N-dealkylation sites (tertiary alicyclic amines) is 1. The average molecular weight is 327 g/mol. The van der Waals surface area contributed by atoms with Crippen molar-refractivity contribution in [2.45, 2.75) is 42.2 Å². The van der Waals surface area contributed by atoms with Gasteiger partial charge >= 0.3 is 0 Å². The maximum atomic E-state index is 12.9. The summed E-state index contributed by atoms with van der Waals surface area (Å²) in [6, 6.07) is 10.5. The quantitative estimate of drug-likeness (QED) is 0.922. The number of H-pyrrole nitrogens is 1. The minimum atomic E-state index is 0.0482. The van der Waals surface area contributed by atoms with Crippen LogP contribution in [0.3, 0.4) is 0 Å². The normalized spacial score (nSPS) is 23.8. The molecule has 120 valence electrons. The van der Waals surface area contributed by atoms with Gasteiger partial charge < -0.3 is 4.90 Å². The molecular formula is C18H21N3OS. The summed E-state index contributed by atoms with van der Waals surface area (Å²) in [5.74, 6) is 0.662. The van der Waals surface area contributed by atoms with Gasteiger partial charge in [0.2, 0.25) is 5.91 Å². The van der Waals surface area contributed by atoms with Crippen molar-refractivity contribution in [1.29, 1.82) is 0 Å². The Morgan fingerprint density at radius 2 is 2.26 bits per heavy atom. The molecule has 2 atom stereocenters. The van der Waals surface area contributed by atoms with Crippen LogP contribution >= 0.6 is 11.8 Å². The molecule has 0 radical (unpaired) electrons. The van der Waals surface area contributed by atoms with Gasteiger partial charge in [-0.2, -0.15) is 5.10 Å². The number of aromatic nitrogens is 2. The number of aromatic amines is 1. The topological polar surface area (TPSA) is 49.0 Å². The van der Waals surface area contributed by atoms with Crippen molar-refractivity contribution < 1.29 is 4.79 Å². The van der Waals surface area contributed by atoms with Gasteiger partial charge in [-0.15, -0.1) is 11.8 Å². The molecule has 1 aromatic carbocycles.